The zero-order valence-electron chi connectivity index (χ0n) is 12.8. The van der Waals surface area contributed by atoms with Gasteiger partial charge in [-0.25, -0.2) is 4.39 Å². The van der Waals surface area contributed by atoms with E-state index in [-0.39, 0.29) is 18.3 Å². The number of fused-ring (bicyclic) bond motifs is 1. The van der Waals surface area contributed by atoms with Gasteiger partial charge in [-0.15, -0.1) is 0 Å². The van der Waals surface area contributed by atoms with Crippen LogP contribution in [-0.4, -0.2) is 32.1 Å². The molecule has 120 valence electrons. The summed E-state index contributed by atoms with van der Waals surface area (Å²) in [5.74, 6) is 0.500. The Bertz CT molecular complexity index is 690. The molecule has 0 radical (unpaired) electrons. The molecule has 1 aliphatic heterocycles. The lowest BCUT2D eigenvalue weighted by molar-refractivity contribution is -0.119. The van der Waals surface area contributed by atoms with Crippen LogP contribution in [0.3, 0.4) is 0 Å². The van der Waals surface area contributed by atoms with Crippen molar-refractivity contribution >= 4 is 11.6 Å². The van der Waals surface area contributed by atoms with E-state index in [1.807, 2.05) is 29.2 Å². The number of para-hydroxylation sites is 2. The number of nitrogens with one attached hydrogen (secondary N) is 1. The summed E-state index contributed by atoms with van der Waals surface area (Å²) in [4.78, 5) is 14.1. The quantitative estimate of drug-likeness (QED) is 0.921. The molecule has 0 saturated carbocycles. The Morgan fingerprint density at radius 2 is 1.96 bits per heavy atom. The van der Waals surface area contributed by atoms with Crippen molar-refractivity contribution in [2.75, 3.05) is 31.1 Å². The second-order valence-electron chi connectivity index (χ2n) is 5.43. The Hall–Kier alpha value is -2.56. The first-order valence-electron chi connectivity index (χ1n) is 7.71. The minimum Gasteiger partial charge on any atom is -0.490 e. The number of anilines is 1. The molecule has 1 aliphatic rings. The number of nitrogens with zero attached hydrogens (tertiary/aromatic N) is 1. The molecule has 23 heavy (non-hydrogen) atoms. The molecule has 0 saturated heterocycles. The van der Waals surface area contributed by atoms with Gasteiger partial charge in [0.15, 0.2) is 0 Å². The molecule has 5 heteroatoms. The SMILES string of the molecule is O=C(CN1CCOc2ccccc21)NCCc1ccccc1F. The number of halogens is 1. The third-order valence-electron chi connectivity index (χ3n) is 3.83. The summed E-state index contributed by atoms with van der Waals surface area (Å²) in [7, 11) is 0. The average molecular weight is 314 g/mol. The van der Waals surface area contributed by atoms with Gasteiger partial charge in [-0.3, -0.25) is 4.79 Å². The van der Waals surface area contributed by atoms with Crippen molar-refractivity contribution in [1.29, 1.82) is 0 Å². The lowest BCUT2D eigenvalue weighted by Crippen LogP contribution is -2.41. The van der Waals surface area contributed by atoms with Gasteiger partial charge in [-0.05, 0) is 30.2 Å². The molecule has 0 spiro atoms. The molecule has 4 nitrogen and oxygen atoms in total. The Morgan fingerprint density at radius 3 is 2.83 bits per heavy atom. The highest BCUT2D eigenvalue weighted by molar-refractivity contribution is 5.82. The zero-order valence-corrected chi connectivity index (χ0v) is 12.8. The summed E-state index contributed by atoms with van der Waals surface area (Å²) >= 11 is 0. The normalized spacial score (nSPS) is 13.2. The lowest BCUT2D eigenvalue weighted by atomic mass is 10.1. The van der Waals surface area contributed by atoms with E-state index in [2.05, 4.69) is 5.32 Å². The van der Waals surface area contributed by atoms with Crippen molar-refractivity contribution in [3.8, 4) is 5.75 Å². The molecule has 0 aliphatic carbocycles. The monoisotopic (exact) mass is 314 g/mol. The molecule has 0 fully saturated rings. The summed E-state index contributed by atoms with van der Waals surface area (Å²) in [5, 5.41) is 2.85. The van der Waals surface area contributed by atoms with Crippen LogP contribution >= 0.6 is 0 Å². The number of benzene rings is 2. The molecule has 1 amide bonds. The molecule has 0 atom stereocenters. The molecule has 1 heterocycles. The summed E-state index contributed by atoms with van der Waals surface area (Å²) in [5.41, 5.74) is 1.55. The van der Waals surface area contributed by atoms with Crippen LogP contribution < -0.4 is 15.0 Å². The first kappa shape index (κ1) is 15.3. The Kier molecular flexibility index (Phi) is 4.76. The number of hydrogen-bond acceptors (Lipinski definition) is 3. The molecule has 2 aromatic rings. The van der Waals surface area contributed by atoms with Crippen LogP contribution in [0.15, 0.2) is 48.5 Å². The highest BCUT2D eigenvalue weighted by Gasteiger charge is 2.19. The van der Waals surface area contributed by atoms with Gasteiger partial charge in [0.2, 0.25) is 5.91 Å². The molecular formula is C18H19FN2O2. The van der Waals surface area contributed by atoms with Crippen LogP contribution in [0.25, 0.3) is 0 Å². The van der Waals surface area contributed by atoms with Crippen LogP contribution in [0, 0.1) is 5.82 Å². The predicted octanol–water partition coefficient (Wildman–Crippen LogP) is 2.38. The van der Waals surface area contributed by atoms with Gasteiger partial charge < -0.3 is 15.0 Å². The van der Waals surface area contributed by atoms with Crippen LogP contribution in [0.2, 0.25) is 0 Å². The van der Waals surface area contributed by atoms with Gasteiger partial charge in [0.1, 0.15) is 18.2 Å². The van der Waals surface area contributed by atoms with Crippen molar-refractivity contribution in [1.82, 2.24) is 5.32 Å². The predicted molar refractivity (Wildman–Crippen MR) is 87.3 cm³/mol. The van der Waals surface area contributed by atoms with E-state index in [1.54, 1.807) is 18.2 Å². The summed E-state index contributed by atoms with van der Waals surface area (Å²) < 4.78 is 19.1. The molecule has 0 bridgehead atoms. The summed E-state index contributed by atoms with van der Waals surface area (Å²) in [6.45, 7) is 1.95. The lowest BCUT2D eigenvalue weighted by Gasteiger charge is -2.30. The van der Waals surface area contributed by atoms with Crippen molar-refractivity contribution in [2.24, 2.45) is 0 Å². The maximum absolute atomic E-state index is 13.5. The number of hydrogen-bond donors (Lipinski definition) is 1. The minimum atomic E-state index is -0.233. The Labute approximate surface area is 134 Å². The molecule has 2 aromatic carbocycles. The van der Waals surface area contributed by atoms with Gasteiger partial charge in [-0.2, -0.15) is 0 Å². The average Bonchev–Trinajstić information content (AvgIpc) is 2.57. The van der Waals surface area contributed by atoms with Gasteiger partial charge in [-0.1, -0.05) is 30.3 Å². The number of carbonyl (C=O) groups is 1. The van der Waals surface area contributed by atoms with E-state index < -0.39 is 0 Å². The minimum absolute atomic E-state index is 0.0713. The number of carbonyl (C=O) groups excluding carboxylic acids is 1. The van der Waals surface area contributed by atoms with Gasteiger partial charge in [0, 0.05) is 6.54 Å². The molecule has 0 unspecified atom stereocenters. The fourth-order valence-electron chi connectivity index (χ4n) is 2.66. The fraction of sp³-hybridized carbons (Fsp3) is 0.278. The number of rotatable bonds is 5. The van der Waals surface area contributed by atoms with Crippen LogP contribution in [0.4, 0.5) is 10.1 Å². The smallest absolute Gasteiger partial charge is 0.239 e. The Morgan fingerprint density at radius 1 is 1.17 bits per heavy atom. The second-order valence-corrected chi connectivity index (χ2v) is 5.43. The van der Waals surface area contributed by atoms with E-state index >= 15 is 0 Å². The van der Waals surface area contributed by atoms with E-state index in [4.69, 9.17) is 4.74 Å². The van der Waals surface area contributed by atoms with E-state index in [0.717, 1.165) is 11.4 Å². The first-order valence-corrected chi connectivity index (χ1v) is 7.71. The standard InChI is InChI=1S/C18H19FN2O2/c19-15-6-2-1-5-14(15)9-10-20-18(22)13-21-11-12-23-17-8-4-3-7-16(17)21/h1-8H,9-13H2,(H,20,22). The highest BCUT2D eigenvalue weighted by Crippen LogP contribution is 2.30. The Balaban J connectivity index is 1.52. The highest BCUT2D eigenvalue weighted by atomic mass is 19.1. The topological polar surface area (TPSA) is 41.6 Å². The molecule has 3 rings (SSSR count). The second kappa shape index (κ2) is 7.13. The van der Waals surface area contributed by atoms with Crippen molar-refractivity contribution < 1.29 is 13.9 Å². The third kappa shape index (κ3) is 3.80. The maximum Gasteiger partial charge on any atom is 0.239 e. The van der Waals surface area contributed by atoms with Crippen LogP contribution in [0.1, 0.15) is 5.56 Å². The van der Waals surface area contributed by atoms with Gasteiger partial charge in [0.25, 0.3) is 0 Å². The summed E-state index contributed by atoms with van der Waals surface area (Å²) in [6, 6.07) is 14.3. The zero-order chi connectivity index (χ0) is 16.1. The van der Waals surface area contributed by atoms with Gasteiger partial charge in [0.05, 0.1) is 18.8 Å². The summed E-state index contributed by atoms with van der Waals surface area (Å²) in [6.07, 6.45) is 0.484. The maximum atomic E-state index is 13.5. The van der Waals surface area contributed by atoms with Gasteiger partial charge >= 0.3 is 0 Å². The van der Waals surface area contributed by atoms with Crippen LogP contribution in [0.5, 0.6) is 5.75 Å². The molecule has 1 N–H and O–H groups in total. The first-order chi connectivity index (χ1) is 11.2. The fourth-order valence-corrected chi connectivity index (χ4v) is 2.66. The van der Waals surface area contributed by atoms with E-state index in [9.17, 15) is 9.18 Å². The molecule has 0 aromatic heterocycles. The van der Waals surface area contributed by atoms with Crippen LogP contribution in [-0.2, 0) is 11.2 Å². The third-order valence-corrected chi connectivity index (χ3v) is 3.83. The molecular weight excluding hydrogens is 295 g/mol. The largest absolute Gasteiger partial charge is 0.490 e. The van der Waals surface area contributed by atoms with Crippen molar-refractivity contribution in [2.45, 2.75) is 6.42 Å². The number of ether oxygens (including phenoxy) is 1. The van der Waals surface area contributed by atoms with E-state index in [1.165, 1.54) is 6.07 Å². The number of amides is 1. The van der Waals surface area contributed by atoms with Crippen molar-refractivity contribution in [3.63, 3.8) is 0 Å². The van der Waals surface area contributed by atoms with Crippen molar-refractivity contribution in [3.05, 3.63) is 59.9 Å². The van der Waals surface area contributed by atoms with E-state index in [0.29, 0.717) is 31.7 Å².